The number of thiophene rings is 1. The predicted octanol–water partition coefficient (Wildman–Crippen LogP) is 3.98. The van der Waals surface area contributed by atoms with Crippen LogP contribution in [-0.4, -0.2) is 9.97 Å². The van der Waals surface area contributed by atoms with E-state index in [1.807, 2.05) is 17.4 Å². The average Bonchev–Trinajstić information content (AvgIpc) is 2.58. The maximum Gasteiger partial charge on any atom is 0.224 e. The maximum absolute atomic E-state index is 5.75. The molecular formula is C12H14ClN3S. The van der Waals surface area contributed by atoms with Gasteiger partial charge in [0, 0.05) is 16.0 Å². The Hall–Kier alpha value is -1.13. The summed E-state index contributed by atoms with van der Waals surface area (Å²) >= 11 is 7.56. The number of aryl methyl sites for hydroxylation is 2. The van der Waals surface area contributed by atoms with E-state index >= 15 is 0 Å². The van der Waals surface area contributed by atoms with Gasteiger partial charge >= 0.3 is 0 Å². The number of halogens is 1. The van der Waals surface area contributed by atoms with Gasteiger partial charge in [0.1, 0.15) is 5.82 Å². The van der Waals surface area contributed by atoms with Gasteiger partial charge in [0.25, 0.3) is 0 Å². The van der Waals surface area contributed by atoms with Crippen LogP contribution in [0, 0.1) is 13.8 Å². The minimum Gasteiger partial charge on any atom is -0.363 e. The Balaban J connectivity index is 2.16. The van der Waals surface area contributed by atoms with E-state index in [0.29, 0.717) is 0 Å². The largest absolute Gasteiger partial charge is 0.363 e. The maximum atomic E-state index is 5.75. The van der Waals surface area contributed by atoms with E-state index < -0.39 is 0 Å². The topological polar surface area (TPSA) is 37.8 Å². The van der Waals surface area contributed by atoms with Crippen molar-refractivity contribution in [2.24, 2.45) is 0 Å². The zero-order chi connectivity index (χ0) is 12.4. The van der Waals surface area contributed by atoms with Crippen LogP contribution in [0.3, 0.4) is 0 Å². The van der Waals surface area contributed by atoms with Crippen molar-refractivity contribution in [1.29, 1.82) is 0 Å². The van der Waals surface area contributed by atoms with Gasteiger partial charge in [-0.2, -0.15) is 0 Å². The molecule has 0 saturated carbocycles. The molecule has 2 aromatic rings. The Morgan fingerprint density at radius 2 is 2.18 bits per heavy atom. The minimum absolute atomic E-state index is 0.214. The van der Waals surface area contributed by atoms with Gasteiger partial charge in [-0.3, -0.25) is 0 Å². The minimum atomic E-state index is 0.214. The van der Waals surface area contributed by atoms with Crippen LogP contribution in [0.4, 0.5) is 5.82 Å². The van der Waals surface area contributed by atoms with Gasteiger partial charge < -0.3 is 5.32 Å². The first kappa shape index (κ1) is 12.3. The van der Waals surface area contributed by atoms with Crippen LogP contribution in [0.2, 0.25) is 5.28 Å². The molecule has 0 amide bonds. The second kappa shape index (κ2) is 5.02. The lowest BCUT2D eigenvalue weighted by molar-refractivity contribution is 0.869. The summed E-state index contributed by atoms with van der Waals surface area (Å²) in [4.78, 5) is 10.6. The molecule has 0 fully saturated rings. The van der Waals surface area contributed by atoms with Gasteiger partial charge in [0.15, 0.2) is 0 Å². The highest BCUT2D eigenvalue weighted by Crippen LogP contribution is 2.28. The summed E-state index contributed by atoms with van der Waals surface area (Å²) in [5, 5.41) is 3.59. The van der Waals surface area contributed by atoms with Crippen molar-refractivity contribution in [2.45, 2.75) is 26.8 Å². The van der Waals surface area contributed by atoms with E-state index in [4.69, 9.17) is 11.6 Å². The summed E-state index contributed by atoms with van der Waals surface area (Å²) in [6.45, 7) is 6.37. The number of hydrogen-bond acceptors (Lipinski definition) is 4. The van der Waals surface area contributed by atoms with E-state index in [2.05, 4.69) is 42.1 Å². The number of aromatic nitrogens is 2. The number of anilines is 1. The van der Waals surface area contributed by atoms with Gasteiger partial charge in [0.2, 0.25) is 5.28 Å². The molecule has 1 N–H and O–H groups in total. The molecule has 0 saturated heterocycles. The lowest BCUT2D eigenvalue weighted by atomic mass is 10.1. The average molecular weight is 268 g/mol. The first-order chi connectivity index (χ1) is 8.06. The fourth-order valence-electron chi connectivity index (χ4n) is 1.80. The quantitative estimate of drug-likeness (QED) is 0.855. The highest BCUT2D eigenvalue weighted by atomic mass is 35.5. The molecule has 1 unspecified atom stereocenters. The van der Waals surface area contributed by atoms with Gasteiger partial charge in [-0.25, -0.2) is 9.97 Å². The summed E-state index contributed by atoms with van der Waals surface area (Å²) in [5.74, 6) is 0.751. The molecule has 0 bridgehead atoms. The van der Waals surface area contributed by atoms with Crippen LogP contribution >= 0.6 is 22.9 Å². The summed E-state index contributed by atoms with van der Waals surface area (Å²) in [7, 11) is 0. The molecule has 1 atom stereocenters. The number of nitrogens with one attached hydrogen (secondary N) is 1. The van der Waals surface area contributed by atoms with Crippen molar-refractivity contribution in [3.8, 4) is 0 Å². The van der Waals surface area contributed by atoms with E-state index in [1.54, 1.807) is 6.20 Å². The Morgan fingerprint density at radius 3 is 2.76 bits per heavy atom. The van der Waals surface area contributed by atoms with Crippen LogP contribution < -0.4 is 5.32 Å². The second-order valence-corrected chi connectivity index (χ2v) is 5.74. The van der Waals surface area contributed by atoms with Crippen LogP contribution in [0.15, 0.2) is 18.3 Å². The lowest BCUT2D eigenvalue weighted by Gasteiger charge is -2.14. The van der Waals surface area contributed by atoms with E-state index in [0.717, 1.165) is 5.82 Å². The normalized spacial score (nSPS) is 12.5. The third-order valence-corrected chi connectivity index (χ3v) is 3.70. The third kappa shape index (κ3) is 2.96. The van der Waals surface area contributed by atoms with E-state index in [9.17, 15) is 0 Å². The summed E-state index contributed by atoms with van der Waals surface area (Å²) in [5.41, 5.74) is 1.31. The third-order valence-electron chi connectivity index (χ3n) is 2.54. The molecule has 0 aliphatic carbocycles. The predicted molar refractivity (Wildman–Crippen MR) is 72.9 cm³/mol. The number of nitrogens with zero attached hydrogens (tertiary/aromatic N) is 2. The molecule has 0 aromatic carbocycles. The summed E-state index contributed by atoms with van der Waals surface area (Å²) in [6.07, 6.45) is 1.65. The fraction of sp³-hybridized carbons (Fsp3) is 0.333. The van der Waals surface area contributed by atoms with Crippen molar-refractivity contribution in [2.75, 3.05) is 5.32 Å². The molecule has 3 nitrogen and oxygen atoms in total. The summed E-state index contributed by atoms with van der Waals surface area (Å²) < 4.78 is 0. The van der Waals surface area contributed by atoms with Crippen LogP contribution in [0.25, 0.3) is 0 Å². The van der Waals surface area contributed by atoms with Gasteiger partial charge in [-0.05, 0) is 50.1 Å². The Kier molecular flexibility index (Phi) is 3.64. The monoisotopic (exact) mass is 267 g/mol. The van der Waals surface area contributed by atoms with E-state index in [1.165, 1.54) is 15.3 Å². The number of rotatable bonds is 3. The first-order valence-corrected chi connectivity index (χ1v) is 6.57. The molecular weight excluding hydrogens is 254 g/mol. The van der Waals surface area contributed by atoms with Crippen LogP contribution in [0.5, 0.6) is 0 Å². The highest BCUT2D eigenvalue weighted by molar-refractivity contribution is 7.12. The zero-order valence-corrected chi connectivity index (χ0v) is 11.6. The molecule has 0 aliphatic rings. The van der Waals surface area contributed by atoms with Crippen molar-refractivity contribution in [3.05, 3.63) is 38.9 Å². The van der Waals surface area contributed by atoms with Crippen molar-refractivity contribution >= 4 is 28.8 Å². The van der Waals surface area contributed by atoms with Crippen molar-refractivity contribution < 1.29 is 0 Å². The molecule has 0 spiro atoms. The molecule has 5 heteroatoms. The van der Waals surface area contributed by atoms with Crippen LogP contribution in [-0.2, 0) is 0 Å². The zero-order valence-electron chi connectivity index (χ0n) is 9.99. The molecule has 2 heterocycles. The van der Waals surface area contributed by atoms with Gasteiger partial charge in [-0.15, -0.1) is 11.3 Å². The Bertz CT molecular complexity index is 524. The van der Waals surface area contributed by atoms with Gasteiger partial charge in [-0.1, -0.05) is 0 Å². The SMILES string of the molecule is Cc1cc(C(C)Nc2ccnc(Cl)n2)c(C)s1. The molecule has 0 radical (unpaired) electrons. The second-order valence-electron chi connectivity index (χ2n) is 3.95. The highest BCUT2D eigenvalue weighted by Gasteiger charge is 2.11. The van der Waals surface area contributed by atoms with Crippen LogP contribution in [0.1, 0.15) is 28.3 Å². The van der Waals surface area contributed by atoms with Crippen molar-refractivity contribution in [3.63, 3.8) is 0 Å². The number of hydrogen-bond donors (Lipinski definition) is 1. The van der Waals surface area contributed by atoms with E-state index in [-0.39, 0.29) is 11.3 Å². The molecule has 2 aromatic heterocycles. The molecule has 17 heavy (non-hydrogen) atoms. The van der Waals surface area contributed by atoms with Crippen molar-refractivity contribution in [1.82, 2.24) is 9.97 Å². The fourth-order valence-corrected chi connectivity index (χ4v) is 2.97. The Labute approximate surface area is 110 Å². The van der Waals surface area contributed by atoms with Gasteiger partial charge in [0.05, 0.1) is 6.04 Å². The first-order valence-electron chi connectivity index (χ1n) is 5.38. The lowest BCUT2D eigenvalue weighted by Crippen LogP contribution is -2.08. The molecule has 90 valence electrons. The smallest absolute Gasteiger partial charge is 0.224 e. The molecule has 0 aliphatic heterocycles. The standard InChI is InChI=1S/C12H14ClN3S/c1-7-6-10(9(3)17-7)8(2)15-11-4-5-14-12(13)16-11/h4-6,8H,1-3H3,(H,14,15,16). The summed E-state index contributed by atoms with van der Waals surface area (Å²) in [6, 6.07) is 4.24. The molecule has 2 rings (SSSR count). The Morgan fingerprint density at radius 1 is 1.41 bits per heavy atom.